The van der Waals surface area contributed by atoms with Gasteiger partial charge in [-0.05, 0) is 55.9 Å². The summed E-state index contributed by atoms with van der Waals surface area (Å²) in [7, 11) is 1.97. The van der Waals surface area contributed by atoms with Crippen LogP contribution in [-0.4, -0.2) is 55.9 Å². The van der Waals surface area contributed by atoms with Gasteiger partial charge in [0.05, 0.1) is 6.54 Å². The Labute approximate surface area is 157 Å². The quantitative estimate of drug-likeness (QED) is 0.466. The minimum Gasteiger partial charge on any atom is -0.492 e. The molecule has 0 fully saturated rings. The summed E-state index contributed by atoms with van der Waals surface area (Å²) in [6.07, 6.45) is 1.83. The van der Waals surface area contributed by atoms with Crippen molar-refractivity contribution in [2.75, 3.05) is 39.9 Å². The molecule has 1 aromatic rings. The summed E-state index contributed by atoms with van der Waals surface area (Å²) in [4.78, 5) is 6.76. The van der Waals surface area contributed by atoms with Gasteiger partial charge in [-0.3, -0.25) is 4.99 Å². The van der Waals surface area contributed by atoms with Gasteiger partial charge in [-0.15, -0.1) is 0 Å². The van der Waals surface area contributed by atoms with E-state index in [1.165, 1.54) is 12.1 Å². The number of hydrogen-bond acceptors (Lipinski definition) is 3. The van der Waals surface area contributed by atoms with Crippen LogP contribution < -0.4 is 10.1 Å². The number of aliphatic hydroxyl groups is 1. The van der Waals surface area contributed by atoms with Crippen molar-refractivity contribution in [2.45, 2.75) is 33.6 Å². The van der Waals surface area contributed by atoms with E-state index in [1.807, 2.05) is 18.9 Å². The lowest BCUT2D eigenvalue weighted by atomic mass is 9.94. The molecule has 2 N–H and O–H groups in total. The predicted molar refractivity (Wildman–Crippen MR) is 105 cm³/mol. The molecule has 0 saturated heterocycles. The topological polar surface area (TPSA) is 57.1 Å². The van der Waals surface area contributed by atoms with Gasteiger partial charge in [-0.1, -0.05) is 13.8 Å². The van der Waals surface area contributed by atoms with Gasteiger partial charge in [0, 0.05) is 26.7 Å². The molecule has 0 aromatic heterocycles. The molecule has 6 heteroatoms. The molecule has 0 heterocycles. The summed E-state index contributed by atoms with van der Waals surface area (Å²) in [5.41, 5.74) is 0. The van der Waals surface area contributed by atoms with Crippen LogP contribution in [0.4, 0.5) is 4.39 Å². The van der Waals surface area contributed by atoms with Crippen LogP contribution in [0, 0.1) is 17.7 Å². The first-order valence-corrected chi connectivity index (χ1v) is 9.44. The summed E-state index contributed by atoms with van der Waals surface area (Å²) in [6, 6.07) is 6.03. The zero-order valence-corrected chi connectivity index (χ0v) is 16.5. The zero-order chi connectivity index (χ0) is 19.4. The van der Waals surface area contributed by atoms with Gasteiger partial charge in [-0.25, -0.2) is 4.39 Å². The van der Waals surface area contributed by atoms with E-state index >= 15 is 0 Å². The lowest BCUT2D eigenvalue weighted by Crippen LogP contribution is -2.41. The maximum absolute atomic E-state index is 12.9. The third kappa shape index (κ3) is 9.04. The van der Waals surface area contributed by atoms with Gasteiger partial charge in [0.1, 0.15) is 18.2 Å². The molecular weight excluding hydrogens is 333 g/mol. The van der Waals surface area contributed by atoms with Gasteiger partial charge in [-0.2, -0.15) is 0 Å². The number of likely N-dealkylation sites (N-methyl/N-ethyl adjacent to an activating group) is 1. The zero-order valence-electron chi connectivity index (χ0n) is 16.5. The maximum Gasteiger partial charge on any atom is 0.193 e. The molecule has 0 bridgehead atoms. The fourth-order valence-electron chi connectivity index (χ4n) is 2.76. The van der Waals surface area contributed by atoms with Gasteiger partial charge in [0.15, 0.2) is 5.96 Å². The largest absolute Gasteiger partial charge is 0.492 e. The van der Waals surface area contributed by atoms with E-state index in [4.69, 9.17) is 9.73 Å². The molecule has 1 atom stereocenters. The van der Waals surface area contributed by atoms with Gasteiger partial charge < -0.3 is 20.1 Å². The number of ether oxygens (including phenoxy) is 1. The minimum atomic E-state index is -0.269. The molecule has 0 spiro atoms. The first kappa shape index (κ1) is 22.2. The second kappa shape index (κ2) is 12.5. The van der Waals surface area contributed by atoms with Crippen molar-refractivity contribution in [1.82, 2.24) is 10.2 Å². The first-order valence-electron chi connectivity index (χ1n) is 9.44. The Balaban J connectivity index is 2.55. The van der Waals surface area contributed by atoms with Crippen LogP contribution in [0.25, 0.3) is 0 Å². The van der Waals surface area contributed by atoms with Crippen LogP contribution in [0.3, 0.4) is 0 Å². The van der Waals surface area contributed by atoms with Crippen molar-refractivity contribution in [3.8, 4) is 5.75 Å². The Morgan fingerprint density at radius 3 is 2.58 bits per heavy atom. The first-order chi connectivity index (χ1) is 12.5. The normalized spacial score (nSPS) is 13.0. The van der Waals surface area contributed by atoms with E-state index in [0.29, 0.717) is 37.3 Å². The number of nitrogens with zero attached hydrogens (tertiary/aromatic N) is 2. The molecule has 0 aliphatic heterocycles. The number of nitrogens with one attached hydrogen (secondary N) is 1. The molecule has 0 aliphatic carbocycles. The fraction of sp³-hybridized carbons (Fsp3) is 0.650. The Hall–Kier alpha value is -1.82. The van der Waals surface area contributed by atoms with Crippen LogP contribution in [0.2, 0.25) is 0 Å². The molecule has 1 rings (SSSR count). The molecule has 1 aromatic carbocycles. The summed E-state index contributed by atoms with van der Waals surface area (Å²) in [5, 5.41) is 12.6. The standard InChI is InChI=1S/C20H34FN3O2/c1-5-22-20(23-15-17(10-12-25)14-16(2)3)24(4)11-13-26-19-8-6-18(21)7-9-19/h6-9,16-17,25H,5,10-15H2,1-4H3,(H,22,23). The smallest absolute Gasteiger partial charge is 0.193 e. The van der Waals surface area contributed by atoms with Gasteiger partial charge >= 0.3 is 0 Å². The Bertz CT molecular complexity index is 520. The highest BCUT2D eigenvalue weighted by Gasteiger charge is 2.12. The molecular formula is C20H34FN3O2. The summed E-state index contributed by atoms with van der Waals surface area (Å²) >= 11 is 0. The average molecular weight is 368 g/mol. The van der Waals surface area contributed by atoms with E-state index in [9.17, 15) is 9.50 Å². The van der Waals surface area contributed by atoms with Crippen molar-refractivity contribution in [3.05, 3.63) is 30.1 Å². The van der Waals surface area contributed by atoms with Crippen molar-refractivity contribution >= 4 is 5.96 Å². The average Bonchev–Trinajstić information content (AvgIpc) is 2.59. The summed E-state index contributed by atoms with van der Waals surface area (Å²) in [6.45, 7) is 9.26. The highest BCUT2D eigenvalue weighted by Crippen LogP contribution is 2.15. The van der Waals surface area contributed by atoms with Crippen LogP contribution in [0.5, 0.6) is 5.75 Å². The van der Waals surface area contributed by atoms with Crippen molar-refractivity contribution in [1.29, 1.82) is 0 Å². The van der Waals surface area contributed by atoms with Crippen LogP contribution in [0.15, 0.2) is 29.3 Å². The van der Waals surface area contributed by atoms with E-state index in [0.717, 1.165) is 25.3 Å². The number of aliphatic imine (C=N–C) groups is 1. The van der Waals surface area contributed by atoms with E-state index in [2.05, 4.69) is 19.2 Å². The number of guanidine groups is 1. The molecule has 5 nitrogen and oxygen atoms in total. The Morgan fingerprint density at radius 2 is 2.00 bits per heavy atom. The lowest BCUT2D eigenvalue weighted by Gasteiger charge is -2.23. The number of rotatable bonds is 11. The summed E-state index contributed by atoms with van der Waals surface area (Å²) in [5.74, 6) is 2.20. The van der Waals surface area contributed by atoms with Crippen LogP contribution in [0.1, 0.15) is 33.6 Å². The third-order valence-electron chi connectivity index (χ3n) is 4.05. The van der Waals surface area contributed by atoms with E-state index in [1.54, 1.807) is 12.1 Å². The number of halogens is 1. The lowest BCUT2D eigenvalue weighted by molar-refractivity contribution is 0.245. The van der Waals surface area contributed by atoms with E-state index in [-0.39, 0.29) is 12.4 Å². The minimum absolute atomic E-state index is 0.199. The molecule has 0 amide bonds. The molecule has 0 saturated carbocycles. The molecule has 0 aliphatic rings. The second-order valence-electron chi connectivity index (χ2n) is 6.93. The predicted octanol–water partition coefficient (Wildman–Crippen LogP) is 3.15. The molecule has 1 unspecified atom stereocenters. The molecule has 0 radical (unpaired) electrons. The highest BCUT2D eigenvalue weighted by molar-refractivity contribution is 5.79. The highest BCUT2D eigenvalue weighted by atomic mass is 19.1. The molecule has 148 valence electrons. The number of hydrogen-bond donors (Lipinski definition) is 2. The van der Waals surface area contributed by atoms with Crippen molar-refractivity contribution in [3.63, 3.8) is 0 Å². The number of benzene rings is 1. The fourth-order valence-corrected chi connectivity index (χ4v) is 2.76. The van der Waals surface area contributed by atoms with Crippen molar-refractivity contribution < 1.29 is 14.2 Å². The second-order valence-corrected chi connectivity index (χ2v) is 6.93. The third-order valence-corrected chi connectivity index (χ3v) is 4.05. The Morgan fingerprint density at radius 1 is 1.31 bits per heavy atom. The van der Waals surface area contributed by atoms with Crippen LogP contribution in [-0.2, 0) is 0 Å². The van der Waals surface area contributed by atoms with Crippen molar-refractivity contribution in [2.24, 2.45) is 16.8 Å². The SMILES string of the molecule is CCNC(=NCC(CCO)CC(C)C)N(C)CCOc1ccc(F)cc1. The number of aliphatic hydroxyl groups excluding tert-OH is 1. The summed E-state index contributed by atoms with van der Waals surface area (Å²) < 4.78 is 18.6. The van der Waals surface area contributed by atoms with Gasteiger partial charge in [0.2, 0.25) is 0 Å². The van der Waals surface area contributed by atoms with Gasteiger partial charge in [0.25, 0.3) is 0 Å². The Kier molecular flexibility index (Phi) is 10.7. The maximum atomic E-state index is 12.9. The molecule has 26 heavy (non-hydrogen) atoms. The monoisotopic (exact) mass is 367 g/mol. The van der Waals surface area contributed by atoms with Crippen LogP contribution >= 0.6 is 0 Å². The van der Waals surface area contributed by atoms with E-state index < -0.39 is 0 Å².